The van der Waals surface area contributed by atoms with E-state index in [0.717, 1.165) is 0 Å². The molecule has 0 heterocycles. The SMILES string of the molecule is C=CCOC(O)(CCC)S(=O)(=O)O. The van der Waals surface area contributed by atoms with Crippen LogP contribution in [0.4, 0.5) is 0 Å². The third kappa shape index (κ3) is 3.43. The van der Waals surface area contributed by atoms with Crippen molar-refractivity contribution in [1.82, 2.24) is 0 Å². The highest BCUT2D eigenvalue weighted by Gasteiger charge is 2.41. The zero-order valence-electron chi connectivity index (χ0n) is 7.43. The Bertz CT molecular complexity index is 258. The molecule has 1 atom stereocenters. The van der Waals surface area contributed by atoms with E-state index in [4.69, 9.17) is 4.55 Å². The standard InChI is InChI=1S/C7H14O5S/c1-3-5-7(8,12-6-4-2)13(9,10)11/h4,8H,2-3,5-6H2,1H3,(H,9,10,11). The summed E-state index contributed by atoms with van der Waals surface area (Å²) < 4.78 is 34.6. The monoisotopic (exact) mass is 210 g/mol. The Labute approximate surface area is 77.8 Å². The molecule has 0 saturated carbocycles. The van der Waals surface area contributed by atoms with Crippen molar-refractivity contribution in [2.75, 3.05) is 6.61 Å². The summed E-state index contributed by atoms with van der Waals surface area (Å²) in [5, 5.41) is 6.87. The zero-order valence-corrected chi connectivity index (χ0v) is 8.25. The molecule has 6 heteroatoms. The zero-order chi connectivity index (χ0) is 10.5. The molecule has 0 amide bonds. The van der Waals surface area contributed by atoms with E-state index in [1.807, 2.05) is 0 Å². The highest BCUT2D eigenvalue weighted by molar-refractivity contribution is 7.86. The van der Waals surface area contributed by atoms with Crippen molar-refractivity contribution in [3.05, 3.63) is 12.7 Å². The number of rotatable bonds is 6. The molecule has 0 saturated heterocycles. The molecule has 5 nitrogen and oxygen atoms in total. The molecular weight excluding hydrogens is 196 g/mol. The second-order valence-electron chi connectivity index (χ2n) is 2.54. The maximum absolute atomic E-state index is 10.7. The molecule has 0 aromatic carbocycles. The lowest BCUT2D eigenvalue weighted by molar-refractivity contribution is -0.138. The van der Waals surface area contributed by atoms with E-state index in [2.05, 4.69) is 11.3 Å². The van der Waals surface area contributed by atoms with Gasteiger partial charge in [-0.05, 0) is 6.42 Å². The Kier molecular flexibility index (Phi) is 4.55. The van der Waals surface area contributed by atoms with E-state index in [-0.39, 0.29) is 13.0 Å². The van der Waals surface area contributed by atoms with Crippen LogP contribution >= 0.6 is 0 Å². The van der Waals surface area contributed by atoms with Gasteiger partial charge >= 0.3 is 10.1 Å². The molecule has 0 aliphatic carbocycles. The second kappa shape index (κ2) is 4.71. The van der Waals surface area contributed by atoms with Gasteiger partial charge in [-0.2, -0.15) is 8.42 Å². The average Bonchev–Trinajstić information content (AvgIpc) is 1.99. The van der Waals surface area contributed by atoms with Gasteiger partial charge in [0.25, 0.3) is 5.12 Å². The normalized spacial score (nSPS) is 16.5. The minimum absolute atomic E-state index is 0.143. The van der Waals surface area contributed by atoms with E-state index >= 15 is 0 Å². The van der Waals surface area contributed by atoms with Crippen molar-refractivity contribution in [1.29, 1.82) is 0 Å². The number of ether oxygens (including phenoxy) is 1. The third-order valence-corrected chi connectivity index (χ3v) is 2.52. The molecule has 2 N–H and O–H groups in total. The first-order valence-corrected chi connectivity index (χ1v) is 5.25. The molecule has 0 aliphatic rings. The predicted octanol–water partition coefficient (Wildman–Crippen LogP) is 0.523. The van der Waals surface area contributed by atoms with E-state index in [1.165, 1.54) is 6.08 Å². The van der Waals surface area contributed by atoms with Gasteiger partial charge in [-0.15, -0.1) is 6.58 Å². The van der Waals surface area contributed by atoms with Crippen LogP contribution in [0.1, 0.15) is 19.8 Å². The minimum atomic E-state index is -4.61. The van der Waals surface area contributed by atoms with Crippen molar-refractivity contribution in [2.45, 2.75) is 24.9 Å². The van der Waals surface area contributed by atoms with Crippen molar-refractivity contribution in [3.8, 4) is 0 Å². The van der Waals surface area contributed by atoms with Gasteiger partial charge in [0.15, 0.2) is 0 Å². The highest BCUT2D eigenvalue weighted by atomic mass is 32.2. The van der Waals surface area contributed by atoms with Gasteiger partial charge in [0.1, 0.15) is 0 Å². The summed E-state index contributed by atoms with van der Waals surface area (Å²) in [4.78, 5) is 0. The smallest absolute Gasteiger partial charge is 0.321 e. The Balaban J connectivity index is 4.62. The van der Waals surface area contributed by atoms with Gasteiger partial charge in [0, 0.05) is 6.42 Å². The molecule has 0 radical (unpaired) electrons. The molecule has 0 rings (SSSR count). The Morgan fingerprint density at radius 3 is 2.46 bits per heavy atom. The molecule has 0 aromatic rings. The molecule has 0 aromatic heterocycles. The lowest BCUT2D eigenvalue weighted by atomic mass is 10.3. The molecule has 13 heavy (non-hydrogen) atoms. The lowest BCUT2D eigenvalue weighted by Gasteiger charge is -2.23. The Hall–Kier alpha value is -0.430. The van der Waals surface area contributed by atoms with Crippen LogP contribution in [-0.2, 0) is 14.9 Å². The summed E-state index contributed by atoms with van der Waals surface area (Å²) in [5.41, 5.74) is 0. The summed E-state index contributed by atoms with van der Waals surface area (Å²) in [6.07, 6.45) is 1.47. The summed E-state index contributed by atoms with van der Waals surface area (Å²) in [6, 6.07) is 0. The second-order valence-corrected chi connectivity index (χ2v) is 4.13. The summed E-state index contributed by atoms with van der Waals surface area (Å²) in [7, 11) is -4.61. The molecule has 0 aliphatic heterocycles. The van der Waals surface area contributed by atoms with Gasteiger partial charge in [0.05, 0.1) is 6.61 Å². The Morgan fingerprint density at radius 2 is 2.15 bits per heavy atom. The predicted molar refractivity (Wildman–Crippen MR) is 47.6 cm³/mol. The summed E-state index contributed by atoms with van der Waals surface area (Å²) >= 11 is 0. The lowest BCUT2D eigenvalue weighted by Crippen LogP contribution is -2.41. The number of hydrogen-bond donors (Lipinski definition) is 2. The van der Waals surface area contributed by atoms with Crippen LogP contribution in [0.5, 0.6) is 0 Å². The van der Waals surface area contributed by atoms with E-state index in [0.29, 0.717) is 6.42 Å². The van der Waals surface area contributed by atoms with Crippen LogP contribution in [0.15, 0.2) is 12.7 Å². The molecule has 0 fully saturated rings. The van der Waals surface area contributed by atoms with Crippen LogP contribution in [0, 0.1) is 0 Å². The van der Waals surface area contributed by atoms with Crippen molar-refractivity contribution in [2.24, 2.45) is 0 Å². The van der Waals surface area contributed by atoms with Crippen LogP contribution in [0.25, 0.3) is 0 Å². The van der Waals surface area contributed by atoms with E-state index < -0.39 is 15.2 Å². The van der Waals surface area contributed by atoms with Gasteiger partial charge in [-0.3, -0.25) is 4.55 Å². The maximum atomic E-state index is 10.7. The van der Waals surface area contributed by atoms with Crippen molar-refractivity contribution < 1.29 is 22.8 Å². The topological polar surface area (TPSA) is 83.8 Å². The van der Waals surface area contributed by atoms with Crippen molar-refractivity contribution >= 4 is 10.1 Å². The van der Waals surface area contributed by atoms with Gasteiger partial charge in [-0.25, -0.2) is 0 Å². The van der Waals surface area contributed by atoms with E-state index in [1.54, 1.807) is 6.92 Å². The number of hydrogen-bond acceptors (Lipinski definition) is 4. The fourth-order valence-electron chi connectivity index (χ4n) is 0.781. The fraction of sp³-hybridized carbons (Fsp3) is 0.714. The first-order valence-electron chi connectivity index (χ1n) is 3.81. The quantitative estimate of drug-likeness (QED) is 0.379. The van der Waals surface area contributed by atoms with Gasteiger partial charge in [0.2, 0.25) is 0 Å². The van der Waals surface area contributed by atoms with Crippen LogP contribution < -0.4 is 0 Å². The molecule has 1 unspecified atom stereocenters. The molecular formula is C7H14O5S. The van der Waals surface area contributed by atoms with Gasteiger partial charge in [-0.1, -0.05) is 13.0 Å². The average molecular weight is 210 g/mol. The first kappa shape index (κ1) is 12.6. The molecule has 78 valence electrons. The largest absolute Gasteiger partial charge is 0.352 e. The number of aliphatic hydroxyl groups is 1. The fourth-order valence-corrected chi connectivity index (χ4v) is 1.46. The maximum Gasteiger partial charge on any atom is 0.321 e. The Morgan fingerprint density at radius 1 is 1.62 bits per heavy atom. The first-order chi connectivity index (χ1) is 5.87. The van der Waals surface area contributed by atoms with Gasteiger partial charge < -0.3 is 9.84 Å². The van der Waals surface area contributed by atoms with Crippen LogP contribution in [0.3, 0.4) is 0 Å². The highest BCUT2D eigenvalue weighted by Crippen LogP contribution is 2.20. The molecule has 0 bridgehead atoms. The molecule has 0 spiro atoms. The third-order valence-electron chi connectivity index (χ3n) is 1.40. The van der Waals surface area contributed by atoms with Crippen molar-refractivity contribution in [3.63, 3.8) is 0 Å². The van der Waals surface area contributed by atoms with Crippen LogP contribution in [-0.4, -0.2) is 29.8 Å². The van der Waals surface area contributed by atoms with E-state index in [9.17, 15) is 13.5 Å². The summed E-state index contributed by atoms with van der Waals surface area (Å²) in [5.74, 6) is 0. The van der Waals surface area contributed by atoms with Crippen LogP contribution in [0.2, 0.25) is 0 Å². The summed E-state index contributed by atoms with van der Waals surface area (Å²) in [6.45, 7) is 4.81. The minimum Gasteiger partial charge on any atom is -0.352 e.